The van der Waals surface area contributed by atoms with E-state index in [2.05, 4.69) is 15.7 Å². The number of rotatable bonds is 7. The normalized spacial score (nSPS) is 11.6. The first-order chi connectivity index (χ1) is 11.5. The summed E-state index contributed by atoms with van der Waals surface area (Å²) in [5.74, 6) is -0.0517. The van der Waals surface area contributed by atoms with E-state index in [1.807, 2.05) is 0 Å². The minimum atomic E-state index is -1.06. The van der Waals surface area contributed by atoms with Crippen LogP contribution in [0.25, 0.3) is 0 Å². The van der Waals surface area contributed by atoms with Crippen LogP contribution in [0.15, 0.2) is 36.7 Å². The molecule has 8 heteroatoms. The van der Waals surface area contributed by atoms with E-state index in [-0.39, 0.29) is 12.5 Å². The number of hydrogen-bond donors (Lipinski definition) is 3. The summed E-state index contributed by atoms with van der Waals surface area (Å²) in [6, 6.07) is 6.96. The van der Waals surface area contributed by atoms with E-state index in [0.29, 0.717) is 23.5 Å². The third-order valence-corrected chi connectivity index (χ3v) is 3.27. The lowest BCUT2D eigenvalue weighted by molar-refractivity contribution is -0.124. The lowest BCUT2D eigenvalue weighted by Gasteiger charge is -2.07. The molecule has 3 N–H and O–H groups in total. The molecule has 1 atom stereocenters. The average Bonchev–Trinajstić information content (AvgIpc) is 3.01. The van der Waals surface area contributed by atoms with Gasteiger partial charge in [-0.1, -0.05) is 6.92 Å². The Morgan fingerprint density at radius 1 is 1.25 bits per heavy atom. The predicted molar refractivity (Wildman–Crippen MR) is 88.8 cm³/mol. The van der Waals surface area contributed by atoms with Crippen molar-refractivity contribution in [3.05, 3.63) is 36.7 Å². The highest BCUT2D eigenvalue weighted by Crippen LogP contribution is 2.15. The molecule has 2 rings (SSSR count). The fourth-order valence-electron chi connectivity index (χ4n) is 1.95. The summed E-state index contributed by atoms with van der Waals surface area (Å²) in [5, 5.41) is 18.7. The number of nitrogens with one attached hydrogen (secondary N) is 2. The van der Waals surface area contributed by atoms with Crippen molar-refractivity contribution < 1.29 is 19.4 Å². The van der Waals surface area contributed by atoms with Crippen LogP contribution >= 0.6 is 0 Å². The number of nitrogens with zero attached hydrogens (tertiary/aromatic N) is 2. The number of benzene rings is 1. The zero-order chi connectivity index (χ0) is 17.5. The fraction of sp³-hybridized carbons (Fsp3) is 0.312. The minimum absolute atomic E-state index is 0.00175. The third kappa shape index (κ3) is 4.82. The van der Waals surface area contributed by atoms with E-state index in [1.165, 1.54) is 17.1 Å². The molecule has 1 aromatic carbocycles. The standard InChI is InChI=1S/C16H20N4O4/c1-3-14(21)16(23)19-12-8-17-20(9-12)10-15(22)18-11-4-6-13(24-2)7-5-11/h4-9,14,21H,3,10H2,1-2H3,(H,18,22)(H,19,23). The molecule has 0 radical (unpaired) electrons. The number of aliphatic hydroxyl groups is 1. The van der Waals surface area contributed by atoms with E-state index in [0.717, 1.165) is 0 Å². The molecule has 1 heterocycles. The zero-order valence-electron chi connectivity index (χ0n) is 13.5. The second-order valence-electron chi connectivity index (χ2n) is 5.12. The maximum atomic E-state index is 12.0. The molecule has 2 amide bonds. The molecule has 1 unspecified atom stereocenters. The SMILES string of the molecule is CCC(O)C(=O)Nc1cnn(CC(=O)Nc2ccc(OC)cc2)c1. The molecule has 24 heavy (non-hydrogen) atoms. The van der Waals surface area contributed by atoms with Gasteiger partial charge in [-0.25, -0.2) is 0 Å². The Bertz CT molecular complexity index is 696. The van der Waals surface area contributed by atoms with Gasteiger partial charge in [0.1, 0.15) is 18.4 Å². The lowest BCUT2D eigenvalue weighted by atomic mass is 10.2. The second-order valence-corrected chi connectivity index (χ2v) is 5.12. The van der Waals surface area contributed by atoms with Crippen molar-refractivity contribution in [3.63, 3.8) is 0 Å². The number of aromatic nitrogens is 2. The maximum absolute atomic E-state index is 12.0. The van der Waals surface area contributed by atoms with Crippen molar-refractivity contribution in [1.82, 2.24) is 9.78 Å². The molecule has 0 spiro atoms. The van der Waals surface area contributed by atoms with Crippen LogP contribution in [-0.2, 0) is 16.1 Å². The van der Waals surface area contributed by atoms with Gasteiger partial charge in [-0.3, -0.25) is 14.3 Å². The van der Waals surface area contributed by atoms with Crippen LogP contribution in [-0.4, -0.2) is 39.9 Å². The number of amides is 2. The van der Waals surface area contributed by atoms with Gasteiger partial charge in [-0.15, -0.1) is 0 Å². The van der Waals surface area contributed by atoms with Gasteiger partial charge in [-0.05, 0) is 30.7 Å². The molecule has 0 saturated heterocycles. The zero-order valence-corrected chi connectivity index (χ0v) is 13.5. The summed E-state index contributed by atoms with van der Waals surface area (Å²) >= 11 is 0. The monoisotopic (exact) mass is 332 g/mol. The third-order valence-electron chi connectivity index (χ3n) is 3.27. The molecular formula is C16H20N4O4. The smallest absolute Gasteiger partial charge is 0.253 e. The van der Waals surface area contributed by atoms with Crippen LogP contribution in [0.2, 0.25) is 0 Å². The largest absolute Gasteiger partial charge is 0.497 e. The van der Waals surface area contributed by atoms with Crippen molar-refractivity contribution in [1.29, 1.82) is 0 Å². The minimum Gasteiger partial charge on any atom is -0.497 e. The summed E-state index contributed by atoms with van der Waals surface area (Å²) in [4.78, 5) is 23.6. The summed E-state index contributed by atoms with van der Waals surface area (Å²) in [7, 11) is 1.57. The van der Waals surface area contributed by atoms with E-state index in [1.54, 1.807) is 38.3 Å². The molecule has 1 aromatic heterocycles. The van der Waals surface area contributed by atoms with Gasteiger partial charge in [0, 0.05) is 11.9 Å². The predicted octanol–water partition coefficient (Wildman–Crippen LogP) is 1.24. The molecular weight excluding hydrogens is 312 g/mol. The molecule has 0 aliphatic heterocycles. The molecule has 0 saturated carbocycles. The van der Waals surface area contributed by atoms with E-state index in [4.69, 9.17) is 4.74 Å². The van der Waals surface area contributed by atoms with Crippen LogP contribution in [0.3, 0.4) is 0 Å². The van der Waals surface area contributed by atoms with Gasteiger partial charge in [0.15, 0.2) is 0 Å². The number of carbonyl (C=O) groups excluding carboxylic acids is 2. The highest BCUT2D eigenvalue weighted by Gasteiger charge is 2.13. The molecule has 8 nitrogen and oxygen atoms in total. The molecule has 2 aromatic rings. The Labute approximate surface area is 139 Å². The summed E-state index contributed by atoms with van der Waals surface area (Å²) < 4.78 is 6.45. The van der Waals surface area contributed by atoms with Crippen LogP contribution in [0.5, 0.6) is 5.75 Å². The Kier molecular flexibility index (Phi) is 5.91. The van der Waals surface area contributed by atoms with Gasteiger partial charge < -0.3 is 20.5 Å². The Balaban J connectivity index is 1.89. The number of methoxy groups -OCH3 is 1. The van der Waals surface area contributed by atoms with E-state index in [9.17, 15) is 14.7 Å². The van der Waals surface area contributed by atoms with Crippen molar-refractivity contribution in [2.45, 2.75) is 26.0 Å². The number of aliphatic hydroxyl groups excluding tert-OH is 1. The van der Waals surface area contributed by atoms with Gasteiger partial charge in [0.05, 0.1) is 19.0 Å². The molecule has 0 fully saturated rings. The number of carbonyl (C=O) groups is 2. The number of hydrogen-bond acceptors (Lipinski definition) is 5. The lowest BCUT2D eigenvalue weighted by Crippen LogP contribution is -2.26. The quantitative estimate of drug-likeness (QED) is 0.707. The topological polar surface area (TPSA) is 105 Å². The van der Waals surface area contributed by atoms with Gasteiger partial charge in [0.25, 0.3) is 5.91 Å². The van der Waals surface area contributed by atoms with Crippen LogP contribution < -0.4 is 15.4 Å². The number of ether oxygens (including phenoxy) is 1. The molecule has 0 bridgehead atoms. The highest BCUT2D eigenvalue weighted by molar-refractivity contribution is 5.94. The van der Waals surface area contributed by atoms with Gasteiger partial charge >= 0.3 is 0 Å². The van der Waals surface area contributed by atoms with Crippen LogP contribution in [0.1, 0.15) is 13.3 Å². The van der Waals surface area contributed by atoms with Crippen molar-refractivity contribution in [2.24, 2.45) is 0 Å². The fourth-order valence-corrected chi connectivity index (χ4v) is 1.95. The van der Waals surface area contributed by atoms with Gasteiger partial charge in [-0.2, -0.15) is 5.10 Å². The maximum Gasteiger partial charge on any atom is 0.253 e. The van der Waals surface area contributed by atoms with E-state index >= 15 is 0 Å². The summed E-state index contributed by atoms with van der Waals surface area (Å²) in [5.41, 5.74) is 1.07. The molecule has 128 valence electrons. The van der Waals surface area contributed by atoms with E-state index < -0.39 is 12.0 Å². The Hall–Kier alpha value is -2.87. The first-order valence-corrected chi connectivity index (χ1v) is 7.47. The molecule has 0 aliphatic carbocycles. The first-order valence-electron chi connectivity index (χ1n) is 7.47. The summed E-state index contributed by atoms with van der Waals surface area (Å²) in [6.45, 7) is 1.70. The highest BCUT2D eigenvalue weighted by atomic mass is 16.5. The molecule has 0 aliphatic rings. The van der Waals surface area contributed by atoms with Gasteiger partial charge in [0.2, 0.25) is 5.91 Å². The first kappa shape index (κ1) is 17.5. The second kappa shape index (κ2) is 8.11. The Morgan fingerprint density at radius 2 is 1.96 bits per heavy atom. The van der Waals surface area contributed by atoms with Crippen LogP contribution in [0, 0.1) is 0 Å². The van der Waals surface area contributed by atoms with Crippen molar-refractivity contribution >= 4 is 23.2 Å². The van der Waals surface area contributed by atoms with Crippen molar-refractivity contribution in [2.75, 3.05) is 17.7 Å². The summed E-state index contributed by atoms with van der Waals surface area (Å²) in [6.07, 6.45) is 2.20. The average molecular weight is 332 g/mol. The Morgan fingerprint density at radius 3 is 2.58 bits per heavy atom. The number of anilines is 2. The van der Waals surface area contributed by atoms with Crippen LogP contribution in [0.4, 0.5) is 11.4 Å². The van der Waals surface area contributed by atoms with Crippen molar-refractivity contribution in [3.8, 4) is 5.75 Å².